The highest BCUT2D eigenvalue weighted by Gasteiger charge is 2.19. The summed E-state index contributed by atoms with van der Waals surface area (Å²) >= 11 is 0. The van der Waals surface area contributed by atoms with Gasteiger partial charge in [-0.1, -0.05) is 18.2 Å². The molecule has 2 heterocycles. The predicted octanol–water partition coefficient (Wildman–Crippen LogP) is 1.87. The second-order valence-electron chi connectivity index (χ2n) is 4.86. The summed E-state index contributed by atoms with van der Waals surface area (Å²) in [5, 5.41) is 1.17. The number of fused-ring (bicyclic) bond motifs is 1. The van der Waals surface area contributed by atoms with Crippen molar-refractivity contribution in [3.05, 3.63) is 42.1 Å². The lowest BCUT2D eigenvalue weighted by Crippen LogP contribution is -2.28. The van der Waals surface area contributed by atoms with Crippen molar-refractivity contribution in [3.8, 4) is 0 Å². The van der Waals surface area contributed by atoms with E-state index in [1.807, 2.05) is 30.5 Å². The van der Waals surface area contributed by atoms with Gasteiger partial charge in [0.1, 0.15) is 0 Å². The second-order valence-corrected chi connectivity index (χ2v) is 4.86. The first-order valence-electron chi connectivity index (χ1n) is 6.64. The smallest absolute Gasteiger partial charge is 0.159 e. The normalized spacial score (nSPS) is 17.9. The summed E-state index contributed by atoms with van der Waals surface area (Å²) in [6.45, 7) is 1.35. The first-order chi connectivity index (χ1) is 9.33. The fourth-order valence-corrected chi connectivity index (χ4v) is 2.49. The van der Waals surface area contributed by atoms with Gasteiger partial charge in [0.2, 0.25) is 0 Å². The molecular weight excluding hydrogens is 240 g/mol. The van der Waals surface area contributed by atoms with Gasteiger partial charge in [-0.3, -0.25) is 4.98 Å². The van der Waals surface area contributed by atoms with E-state index in [4.69, 9.17) is 15.2 Å². The third-order valence-electron chi connectivity index (χ3n) is 3.41. The molecular formula is C15H18N2O2. The molecule has 4 heteroatoms. The van der Waals surface area contributed by atoms with Gasteiger partial charge < -0.3 is 15.2 Å². The summed E-state index contributed by atoms with van der Waals surface area (Å²) in [7, 11) is 0. The molecule has 1 aromatic heterocycles. The van der Waals surface area contributed by atoms with Crippen LogP contribution >= 0.6 is 0 Å². The molecule has 1 unspecified atom stereocenters. The summed E-state index contributed by atoms with van der Waals surface area (Å²) in [6.07, 6.45) is 3.25. The maximum atomic E-state index is 6.20. The van der Waals surface area contributed by atoms with Crippen LogP contribution in [0.15, 0.2) is 36.5 Å². The van der Waals surface area contributed by atoms with Crippen LogP contribution < -0.4 is 5.73 Å². The molecule has 2 N–H and O–H groups in total. The van der Waals surface area contributed by atoms with Gasteiger partial charge in [-0.25, -0.2) is 0 Å². The highest BCUT2D eigenvalue weighted by Crippen LogP contribution is 2.19. The van der Waals surface area contributed by atoms with Gasteiger partial charge in [-0.2, -0.15) is 0 Å². The molecule has 0 saturated carbocycles. The van der Waals surface area contributed by atoms with E-state index in [2.05, 4.69) is 11.1 Å². The molecule has 1 fully saturated rings. The van der Waals surface area contributed by atoms with E-state index in [1.165, 1.54) is 10.9 Å². The minimum Gasteiger partial charge on any atom is -0.350 e. The van der Waals surface area contributed by atoms with Gasteiger partial charge in [0, 0.05) is 24.0 Å². The highest BCUT2D eigenvalue weighted by atomic mass is 16.7. The number of hydrogen-bond donors (Lipinski definition) is 1. The molecule has 1 aliphatic rings. The number of pyridine rings is 1. The Hall–Kier alpha value is -1.49. The van der Waals surface area contributed by atoms with Gasteiger partial charge in [0.15, 0.2) is 6.29 Å². The molecule has 0 radical (unpaired) electrons. The Labute approximate surface area is 112 Å². The van der Waals surface area contributed by atoms with Crippen LogP contribution in [0.5, 0.6) is 0 Å². The zero-order valence-corrected chi connectivity index (χ0v) is 10.8. The molecule has 0 bridgehead atoms. The number of ether oxygens (including phenoxy) is 2. The van der Waals surface area contributed by atoms with Crippen molar-refractivity contribution in [1.82, 2.24) is 4.98 Å². The SMILES string of the molecule is NC(Cc1ccnc2ccccc12)CC1OCCO1. The average Bonchev–Trinajstić information content (AvgIpc) is 2.92. The van der Waals surface area contributed by atoms with Crippen LogP contribution in [0, 0.1) is 0 Å². The minimum absolute atomic E-state index is 0.0360. The molecule has 0 aliphatic carbocycles. The number of nitrogens with zero attached hydrogens (tertiary/aromatic N) is 1. The Bertz CT molecular complexity index is 547. The number of nitrogens with two attached hydrogens (primary N) is 1. The molecule has 1 atom stereocenters. The maximum absolute atomic E-state index is 6.20. The zero-order chi connectivity index (χ0) is 13.1. The third kappa shape index (κ3) is 2.92. The van der Waals surface area contributed by atoms with E-state index in [9.17, 15) is 0 Å². The van der Waals surface area contributed by atoms with Crippen LogP contribution in [-0.4, -0.2) is 30.5 Å². The summed E-state index contributed by atoms with van der Waals surface area (Å²) in [5.74, 6) is 0. The largest absolute Gasteiger partial charge is 0.350 e. The van der Waals surface area contributed by atoms with E-state index in [0.717, 1.165) is 18.4 Å². The molecule has 0 spiro atoms. The maximum Gasteiger partial charge on any atom is 0.159 e. The van der Waals surface area contributed by atoms with E-state index in [0.29, 0.717) is 13.2 Å². The van der Waals surface area contributed by atoms with Crippen molar-refractivity contribution in [3.63, 3.8) is 0 Å². The van der Waals surface area contributed by atoms with Gasteiger partial charge in [-0.15, -0.1) is 0 Å². The van der Waals surface area contributed by atoms with Crippen molar-refractivity contribution in [1.29, 1.82) is 0 Å². The Morgan fingerprint density at radius 1 is 1.21 bits per heavy atom. The Morgan fingerprint density at radius 2 is 2.00 bits per heavy atom. The van der Waals surface area contributed by atoms with E-state index in [-0.39, 0.29) is 12.3 Å². The van der Waals surface area contributed by atoms with Crippen molar-refractivity contribution in [2.24, 2.45) is 5.73 Å². The quantitative estimate of drug-likeness (QED) is 0.909. The Morgan fingerprint density at radius 3 is 2.84 bits per heavy atom. The number of aromatic nitrogens is 1. The van der Waals surface area contributed by atoms with Gasteiger partial charge in [-0.05, 0) is 24.1 Å². The molecule has 1 aliphatic heterocycles. The molecule has 1 saturated heterocycles. The molecule has 19 heavy (non-hydrogen) atoms. The van der Waals surface area contributed by atoms with Crippen molar-refractivity contribution in [2.45, 2.75) is 25.2 Å². The van der Waals surface area contributed by atoms with E-state index < -0.39 is 0 Å². The van der Waals surface area contributed by atoms with Crippen LogP contribution in [-0.2, 0) is 15.9 Å². The van der Waals surface area contributed by atoms with Crippen LogP contribution in [0.3, 0.4) is 0 Å². The summed E-state index contributed by atoms with van der Waals surface area (Å²) in [4.78, 5) is 4.36. The molecule has 4 nitrogen and oxygen atoms in total. The fourth-order valence-electron chi connectivity index (χ4n) is 2.49. The lowest BCUT2D eigenvalue weighted by Gasteiger charge is -2.16. The lowest BCUT2D eigenvalue weighted by molar-refractivity contribution is -0.0504. The lowest BCUT2D eigenvalue weighted by atomic mass is 10.0. The Kier molecular flexibility index (Phi) is 3.73. The fraction of sp³-hybridized carbons (Fsp3) is 0.400. The molecule has 0 amide bonds. The molecule has 100 valence electrons. The number of para-hydroxylation sites is 1. The van der Waals surface area contributed by atoms with Gasteiger partial charge in [0.05, 0.1) is 18.7 Å². The third-order valence-corrected chi connectivity index (χ3v) is 3.41. The van der Waals surface area contributed by atoms with Crippen LogP contribution in [0.1, 0.15) is 12.0 Å². The van der Waals surface area contributed by atoms with Crippen LogP contribution in [0.2, 0.25) is 0 Å². The first kappa shape index (κ1) is 12.5. The number of benzene rings is 1. The summed E-state index contributed by atoms with van der Waals surface area (Å²) in [6, 6.07) is 10.2. The number of rotatable bonds is 4. The predicted molar refractivity (Wildman–Crippen MR) is 73.7 cm³/mol. The average molecular weight is 258 g/mol. The zero-order valence-electron chi connectivity index (χ0n) is 10.8. The highest BCUT2D eigenvalue weighted by molar-refractivity contribution is 5.81. The number of hydrogen-bond acceptors (Lipinski definition) is 4. The monoisotopic (exact) mass is 258 g/mol. The minimum atomic E-state index is -0.136. The molecule has 3 rings (SSSR count). The van der Waals surface area contributed by atoms with E-state index >= 15 is 0 Å². The van der Waals surface area contributed by atoms with Gasteiger partial charge >= 0.3 is 0 Å². The van der Waals surface area contributed by atoms with Crippen LogP contribution in [0.4, 0.5) is 0 Å². The van der Waals surface area contributed by atoms with Crippen molar-refractivity contribution < 1.29 is 9.47 Å². The van der Waals surface area contributed by atoms with Crippen molar-refractivity contribution >= 4 is 10.9 Å². The summed E-state index contributed by atoms with van der Waals surface area (Å²) < 4.78 is 10.9. The molecule has 2 aromatic rings. The summed E-state index contributed by atoms with van der Waals surface area (Å²) in [5.41, 5.74) is 8.44. The van der Waals surface area contributed by atoms with Crippen LogP contribution in [0.25, 0.3) is 10.9 Å². The van der Waals surface area contributed by atoms with Gasteiger partial charge in [0.25, 0.3) is 0 Å². The standard InChI is InChI=1S/C15H18N2O2/c16-12(10-15-18-7-8-19-15)9-11-5-6-17-14-4-2-1-3-13(11)14/h1-6,12,15H,7-10,16H2. The van der Waals surface area contributed by atoms with Crippen molar-refractivity contribution in [2.75, 3.05) is 13.2 Å². The first-order valence-corrected chi connectivity index (χ1v) is 6.64. The topological polar surface area (TPSA) is 57.4 Å². The van der Waals surface area contributed by atoms with E-state index in [1.54, 1.807) is 0 Å². The second kappa shape index (κ2) is 5.65. The Balaban J connectivity index is 1.73. The molecule has 1 aromatic carbocycles.